The van der Waals surface area contributed by atoms with Crippen molar-refractivity contribution in [2.45, 2.75) is 13.1 Å². The van der Waals surface area contributed by atoms with Crippen LogP contribution in [0.4, 0.5) is 11.4 Å². The van der Waals surface area contributed by atoms with Crippen molar-refractivity contribution >= 4 is 28.2 Å². The van der Waals surface area contributed by atoms with Crippen LogP contribution in [0.15, 0.2) is 18.2 Å². The fourth-order valence-corrected chi connectivity index (χ4v) is 2.13. The predicted octanol–water partition coefficient (Wildman–Crippen LogP) is 1.60. The molecule has 0 fully saturated rings. The standard InChI is InChI=1S/C11H14ClN3O/c1-2-15-9-5-7(11(12)16)3-4-8(9)14-10(15)6-13/h3-5,10,14H,2,6,13H2,1H3. The van der Waals surface area contributed by atoms with Crippen LogP contribution in [-0.2, 0) is 0 Å². The third-order valence-corrected chi connectivity index (χ3v) is 3.01. The van der Waals surface area contributed by atoms with Gasteiger partial charge in [0.05, 0.1) is 11.4 Å². The van der Waals surface area contributed by atoms with E-state index in [9.17, 15) is 4.79 Å². The van der Waals surface area contributed by atoms with Crippen molar-refractivity contribution in [3.05, 3.63) is 23.8 Å². The third-order valence-electron chi connectivity index (χ3n) is 2.80. The molecule has 4 nitrogen and oxygen atoms in total. The van der Waals surface area contributed by atoms with Gasteiger partial charge in [-0.25, -0.2) is 0 Å². The average molecular weight is 240 g/mol. The fourth-order valence-electron chi connectivity index (χ4n) is 2.02. The van der Waals surface area contributed by atoms with E-state index in [-0.39, 0.29) is 6.17 Å². The number of nitrogens with zero attached hydrogens (tertiary/aromatic N) is 1. The summed E-state index contributed by atoms with van der Waals surface area (Å²) in [5.74, 6) is 0. The number of nitrogens with one attached hydrogen (secondary N) is 1. The highest BCUT2D eigenvalue weighted by molar-refractivity contribution is 6.67. The van der Waals surface area contributed by atoms with Crippen molar-refractivity contribution in [3.8, 4) is 0 Å². The molecule has 1 aliphatic heterocycles. The van der Waals surface area contributed by atoms with Gasteiger partial charge in [0.15, 0.2) is 0 Å². The summed E-state index contributed by atoms with van der Waals surface area (Å²) < 4.78 is 0. The van der Waals surface area contributed by atoms with Crippen LogP contribution in [0.25, 0.3) is 0 Å². The van der Waals surface area contributed by atoms with Crippen LogP contribution in [0.3, 0.4) is 0 Å². The Morgan fingerprint density at radius 3 is 2.94 bits per heavy atom. The average Bonchev–Trinajstić information content (AvgIpc) is 2.65. The summed E-state index contributed by atoms with van der Waals surface area (Å²) in [7, 11) is 0. The van der Waals surface area contributed by atoms with E-state index in [1.165, 1.54) is 0 Å². The van der Waals surface area contributed by atoms with Crippen molar-refractivity contribution in [1.82, 2.24) is 0 Å². The summed E-state index contributed by atoms with van der Waals surface area (Å²) in [5.41, 5.74) is 8.18. The summed E-state index contributed by atoms with van der Waals surface area (Å²) in [6.45, 7) is 3.41. The van der Waals surface area contributed by atoms with E-state index in [2.05, 4.69) is 17.1 Å². The SMILES string of the molecule is CCN1c2cc(C(=O)Cl)ccc2NC1CN. The lowest BCUT2D eigenvalue weighted by Gasteiger charge is -2.23. The van der Waals surface area contributed by atoms with E-state index >= 15 is 0 Å². The van der Waals surface area contributed by atoms with E-state index in [1.807, 2.05) is 6.07 Å². The number of fused-ring (bicyclic) bond motifs is 1. The molecule has 1 aliphatic rings. The molecule has 2 rings (SSSR count). The molecule has 0 saturated heterocycles. The van der Waals surface area contributed by atoms with Crippen molar-refractivity contribution in [2.75, 3.05) is 23.3 Å². The summed E-state index contributed by atoms with van der Waals surface area (Å²) >= 11 is 5.46. The highest BCUT2D eigenvalue weighted by Gasteiger charge is 2.26. The largest absolute Gasteiger partial charge is 0.362 e. The first-order valence-corrected chi connectivity index (χ1v) is 5.62. The number of hydrogen-bond acceptors (Lipinski definition) is 4. The maximum absolute atomic E-state index is 11.1. The van der Waals surface area contributed by atoms with Gasteiger partial charge in [0.2, 0.25) is 0 Å². The third kappa shape index (κ3) is 1.74. The molecule has 16 heavy (non-hydrogen) atoms. The lowest BCUT2D eigenvalue weighted by atomic mass is 10.2. The maximum atomic E-state index is 11.1. The van der Waals surface area contributed by atoms with Gasteiger partial charge >= 0.3 is 0 Å². The minimum absolute atomic E-state index is 0.0978. The Kier molecular flexibility index (Phi) is 3.03. The Hall–Kier alpha value is -1.26. The molecule has 1 heterocycles. The van der Waals surface area contributed by atoms with E-state index in [0.29, 0.717) is 12.1 Å². The fraction of sp³-hybridized carbons (Fsp3) is 0.364. The Morgan fingerprint density at radius 1 is 1.62 bits per heavy atom. The lowest BCUT2D eigenvalue weighted by molar-refractivity contribution is 0.108. The Bertz CT molecular complexity index is 422. The predicted molar refractivity (Wildman–Crippen MR) is 66.1 cm³/mol. The van der Waals surface area contributed by atoms with Crippen molar-refractivity contribution in [3.63, 3.8) is 0 Å². The van der Waals surface area contributed by atoms with E-state index < -0.39 is 5.24 Å². The van der Waals surface area contributed by atoms with E-state index in [4.69, 9.17) is 17.3 Å². The molecule has 1 aromatic rings. The second-order valence-corrected chi connectivity index (χ2v) is 4.03. The molecule has 0 radical (unpaired) electrons. The smallest absolute Gasteiger partial charge is 0.252 e. The molecule has 5 heteroatoms. The molecule has 0 spiro atoms. The van der Waals surface area contributed by atoms with Gasteiger partial charge in [-0.1, -0.05) is 0 Å². The van der Waals surface area contributed by atoms with Gasteiger partial charge in [0.25, 0.3) is 5.24 Å². The molecule has 1 atom stereocenters. The van der Waals surface area contributed by atoms with E-state index in [0.717, 1.165) is 17.9 Å². The topological polar surface area (TPSA) is 58.4 Å². The molecule has 0 aliphatic carbocycles. The number of rotatable bonds is 3. The second kappa shape index (κ2) is 4.31. The van der Waals surface area contributed by atoms with Gasteiger partial charge in [-0.2, -0.15) is 0 Å². The van der Waals surface area contributed by atoms with Crippen molar-refractivity contribution in [1.29, 1.82) is 0 Å². The first kappa shape index (κ1) is 11.2. The molecule has 0 aromatic heterocycles. The molecule has 0 saturated carbocycles. The van der Waals surface area contributed by atoms with E-state index in [1.54, 1.807) is 12.1 Å². The quantitative estimate of drug-likeness (QED) is 0.787. The van der Waals surface area contributed by atoms with Crippen LogP contribution in [0.1, 0.15) is 17.3 Å². The van der Waals surface area contributed by atoms with Crippen LogP contribution >= 0.6 is 11.6 Å². The number of hydrogen-bond donors (Lipinski definition) is 2. The summed E-state index contributed by atoms with van der Waals surface area (Å²) in [6, 6.07) is 5.38. The highest BCUT2D eigenvalue weighted by Crippen LogP contribution is 2.35. The molecule has 1 aromatic carbocycles. The molecule has 1 unspecified atom stereocenters. The molecule has 0 amide bonds. The lowest BCUT2D eigenvalue weighted by Crippen LogP contribution is -2.41. The number of anilines is 2. The minimum Gasteiger partial charge on any atom is -0.362 e. The second-order valence-electron chi connectivity index (χ2n) is 3.69. The van der Waals surface area contributed by atoms with Gasteiger partial charge in [-0.3, -0.25) is 4.79 Å². The summed E-state index contributed by atoms with van der Waals surface area (Å²) in [4.78, 5) is 13.2. The molecular formula is C11H14ClN3O. The summed E-state index contributed by atoms with van der Waals surface area (Å²) in [6.07, 6.45) is 0.0978. The summed E-state index contributed by atoms with van der Waals surface area (Å²) in [5, 5.41) is 2.86. The number of carbonyl (C=O) groups is 1. The normalized spacial score (nSPS) is 18.2. The van der Waals surface area contributed by atoms with Crippen LogP contribution in [0.2, 0.25) is 0 Å². The van der Waals surface area contributed by atoms with Crippen LogP contribution in [0, 0.1) is 0 Å². The van der Waals surface area contributed by atoms with Crippen LogP contribution in [-0.4, -0.2) is 24.5 Å². The highest BCUT2D eigenvalue weighted by atomic mass is 35.5. The van der Waals surface area contributed by atoms with Gasteiger partial charge in [-0.15, -0.1) is 0 Å². The van der Waals surface area contributed by atoms with Gasteiger partial charge in [0.1, 0.15) is 6.17 Å². The maximum Gasteiger partial charge on any atom is 0.252 e. The van der Waals surface area contributed by atoms with Crippen molar-refractivity contribution < 1.29 is 4.79 Å². The molecule has 3 N–H and O–H groups in total. The monoisotopic (exact) mass is 239 g/mol. The van der Waals surface area contributed by atoms with Crippen molar-refractivity contribution in [2.24, 2.45) is 5.73 Å². The minimum atomic E-state index is -0.435. The number of benzene rings is 1. The Morgan fingerprint density at radius 2 is 2.38 bits per heavy atom. The zero-order valence-corrected chi connectivity index (χ0v) is 9.79. The van der Waals surface area contributed by atoms with Crippen LogP contribution < -0.4 is 16.0 Å². The molecule has 0 bridgehead atoms. The van der Waals surface area contributed by atoms with Crippen LogP contribution in [0.5, 0.6) is 0 Å². The van der Waals surface area contributed by atoms with Gasteiger partial charge < -0.3 is 16.0 Å². The molecular weight excluding hydrogens is 226 g/mol. The zero-order valence-electron chi connectivity index (χ0n) is 9.03. The zero-order chi connectivity index (χ0) is 11.7. The first-order valence-electron chi connectivity index (χ1n) is 5.24. The Labute approximate surface area is 99.4 Å². The number of carbonyl (C=O) groups excluding carboxylic acids is 1. The Balaban J connectivity index is 2.40. The first-order chi connectivity index (χ1) is 7.67. The number of nitrogens with two attached hydrogens (primary N) is 1. The number of halogens is 1. The van der Waals surface area contributed by atoms with Gasteiger partial charge in [0, 0.05) is 18.7 Å². The van der Waals surface area contributed by atoms with Gasteiger partial charge in [-0.05, 0) is 36.7 Å². The number of likely N-dealkylation sites (N-methyl/N-ethyl adjacent to an activating group) is 1. The molecule has 86 valence electrons.